The van der Waals surface area contributed by atoms with Gasteiger partial charge in [0.1, 0.15) is 0 Å². The minimum Gasteiger partial charge on any atom is -0.339 e. The average molecular weight is 384 g/mol. The van der Waals surface area contributed by atoms with Crippen molar-refractivity contribution in [3.63, 3.8) is 0 Å². The monoisotopic (exact) mass is 383 g/mol. The van der Waals surface area contributed by atoms with Crippen LogP contribution >= 0.6 is 11.6 Å². The Morgan fingerprint density at radius 1 is 1.11 bits per heavy atom. The number of rotatable bonds is 7. The lowest BCUT2D eigenvalue weighted by molar-refractivity contribution is 0.0735. The van der Waals surface area contributed by atoms with E-state index in [1.807, 2.05) is 42.5 Å². The normalized spacial score (nSPS) is 11.0. The molecule has 0 spiro atoms. The molecule has 1 heterocycles. The molecule has 0 saturated heterocycles. The summed E-state index contributed by atoms with van der Waals surface area (Å²) in [5.41, 5.74) is 1.41. The standard InChI is InChI=1S/C21H22ClN3O2/c1-15(2)14-25(21(26)17-10-6-7-11-18(17)22)13-12-19-23-20(24-27-19)16-8-4-3-5-9-16/h3-11,15H,12-14H2,1-2H3. The van der Waals surface area contributed by atoms with Crippen LogP contribution in [0.5, 0.6) is 0 Å². The van der Waals surface area contributed by atoms with E-state index in [1.54, 1.807) is 17.0 Å². The molecule has 140 valence electrons. The molecule has 1 amide bonds. The fourth-order valence-corrected chi connectivity index (χ4v) is 3.03. The largest absolute Gasteiger partial charge is 0.339 e. The SMILES string of the molecule is CC(C)CN(CCc1nc(-c2ccccc2)no1)C(=O)c1ccccc1Cl. The molecule has 3 rings (SSSR count). The number of nitrogens with zero attached hydrogens (tertiary/aromatic N) is 3. The molecule has 3 aromatic rings. The maximum Gasteiger partial charge on any atom is 0.255 e. The molecular weight excluding hydrogens is 362 g/mol. The van der Waals surface area contributed by atoms with Gasteiger partial charge in [-0.25, -0.2) is 0 Å². The minimum absolute atomic E-state index is 0.0860. The molecule has 0 aliphatic carbocycles. The van der Waals surface area contributed by atoms with Crippen molar-refractivity contribution < 1.29 is 9.32 Å². The molecule has 0 N–H and O–H groups in total. The highest BCUT2D eigenvalue weighted by Gasteiger charge is 2.20. The number of aromatic nitrogens is 2. The van der Waals surface area contributed by atoms with Crippen LogP contribution in [0.15, 0.2) is 59.1 Å². The van der Waals surface area contributed by atoms with Gasteiger partial charge in [0.05, 0.1) is 10.6 Å². The molecule has 6 heteroatoms. The van der Waals surface area contributed by atoms with Gasteiger partial charge in [-0.1, -0.05) is 73.1 Å². The van der Waals surface area contributed by atoms with Gasteiger partial charge >= 0.3 is 0 Å². The highest BCUT2D eigenvalue weighted by molar-refractivity contribution is 6.33. The molecule has 0 aliphatic heterocycles. The lowest BCUT2D eigenvalue weighted by atomic mass is 10.1. The Morgan fingerprint density at radius 3 is 2.52 bits per heavy atom. The summed E-state index contributed by atoms with van der Waals surface area (Å²) in [6.07, 6.45) is 0.489. The van der Waals surface area contributed by atoms with E-state index in [2.05, 4.69) is 24.0 Å². The summed E-state index contributed by atoms with van der Waals surface area (Å²) in [7, 11) is 0. The number of carbonyl (C=O) groups excluding carboxylic acids is 1. The summed E-state index contributed by atoms with van der Waals surface area (Å²) >= 11 is 6.20. The van der Waals surface area contributed by atoms with Gasteiger partial charge in [0, 0.05) is 25.1 Å². The van der Waals surface area contributed by atoms with Crippen molar-refractivity contribution >= 4 is 17.5 Å². The summed E-state index contributed by atoms with van der Waals surface area (Å²) in [6, 6.07) is 16.8. The van der Waals surface area contributed by atoms with Crippen LogP contribution < -0.4 is 0 Å². The molecule has 1 aromatic heterocycles. The van der Waals surface area contributed by atoms with Crippen LogP contribution in [0.2, 0.25) is 5.02 Å². The molecule has 0 fully saturated rings. The zero-order valence-corrected chi connectivity index (χ0v) is 16.2. The summed E-state index contributed by atoms with van der Waals surface area (Å²) in [5, 5.41) is 4.49. The van der Waals surface area contributed by atoms with E-state index in [4.69, 9.17) is 16.1 Å². The number of benzene rings is 2. The number of hydrogen-bond acceptors (Lipinski definition) is 4. The first-order valence-electron chi connectivity index (χ1n) is 8.96. The van der Waals surface area contributed by atoms with Gasteiger partial charge in [-0.2, -0.15) is 4.98 Å². The van der Waals surface area contributed by atoms with Gasteiger partial charge in [0.2, 0.25) is 11.7 Å². The Bertz CT molecular complexity index is 893. The first-order valence-corrected chi connectivity index (χ1v) is 9.34. The van der Waals surface area contributed by atoms with Crippen LogP contribution in [0, 0.1) is 5.92 Å². The van der Waals surface area contributed by atoms with Crippen LogP contribution in [-0.4, -0.2) is 34.0 Å². The van der Waals surface area contributed by atoms with Gasteiger partial charge in [-0.05, 0) is 18.1 Å². The molecule has 0 unspecified atom stereocenters. The van der Waals surface area contributed by atoms with Crippen LogP contribution in [0.4, 0.5) is 0 Å². The second-order valence-electron chi connectivity index (χ2n) is 6.75. The van der Waals surface area contributed by atoms with Gasteiger partial charge in [0.25, 0.3) is 5.91 Å². The average Bonchev–Trinajstić information content (AvgIpc) is 3.14. The zero-order valence-electron chi connectivity index (χ0n) is 15.4. The van der Waals surface area contributed by atoms with E-state index < -0.39 is 0 Å². The Labute approximate surface area is 164 Å². The van der Waals surface area contributed by atoms with Gasteiger partial charge in [-0.15, -0.1) is 0 Å². The van der Waals surface area contributed by atoms with Crippen LogP contribution in [-0.2, 0) is 6.42 Å². The fraction of sp³-hybridized carbons (Fsp3) is 0.286. The maximum atomic E-state index is 12.9. The Morgan fingerprint density at radius 2 is 1.81 bits per heavy atom. The summed E-state index contributed by atoms with van der Waals surface area (Å²) < 4.78 is 5.36. The lowest BCUT2D eigenvalue weighted by Gasteiger charge is -2.24. The van der Waals surface area contributed by atoms with E-state index >= 15 is 0 Å². The lowest BCUT2D eigenvalue weighted by Crippen LogP contribution is -2.36. The number of halogens is 1. The minimum atomic E-state index is -0.0860. The molecule has 27 heavy (non-hydrogen) atoms. The Kier molecular flexibility index (Phi) is 6.24. The van der Waals surface area contributed by atoms with Crippen molar-refractivity contribution in [1.82, 2.24) is 15.0 Å². The molecule has 0 saturated carbocycles. The predicted octanol–water partition coefficient (Wildman–Crippen LogP) is 4.73. The smallest absolute Gasteiger partial charge is 0.255 e. The Balaban J connectivity index is 1.71. The first-order chi connectivity index (χ1) is 13.0. The van der Waals surface area contributed by atoms with Crippen LogP contribution in [0.3, 0.4) is 0 Å². The molecule has 0 atom stereocenters. The van der Waals surface area contributed by atoms with E-state index in [0.29, 0.717) is 47.7 Å². The van der Waals surface area contributed by atoms with E-state index in [9.17, 15) is 4.79 Å². The zero-order chi connectivity index (χ0) is 19.2. The van der Waals surface area contributed by atoms with Crippen molar-refractivity contribution in [2.45, 2.75) is 20.3 Å². The maximum absolute atomic E-state index is 12.9. The molecule has 0 aliphatic rings. The molecular formula is C21H22ClN3O2. The van der Waals surface area contributed by atoms with Gasteiger partial charge < -0.3 is 9.42 Å². The van der Waals surface area contributed by atoms with Crippen LogP contribution in [0.1, 0.15) is 30.1 Å². The summed E-state index contributed by atoms with van der Waals surface area (Å²) in [5.74, 6) is 1.31. The van der Waals surface area contributed by atoms with Crippen LogP contribution in [0.25, 0.3) is 11.4 Å². The highest BCUT2D eigenvalue weighted by Crippen LogP contribution is 2.19. The molecule has 0 radical (unpaired) electrons. The van der Waals surface area contributed by atoms with Crippen molar-refractivity contribution in [2.75, 3.05) is 13.1 Å². The fourth-order valence-electron chi connectivity index (χ4n) is 2.81. The quantitative estimate of drug-likeness (QED) is 0.591. The van der Waals surface area contributed by atoms with Crippen molar-refractivity contribution in [1.29, 1.82) is 0 Å². The van der Waals surface area contributed by atoms with E-state index in [-0.39, 0.29) is 5.91 Å². The number of carbonyl (C=O) groups is 1. The summed E-state index contributed by atoms with van der Waals surface area (Å²) in [4.78, 5) is 19.2. The van der Waals surface area contributed by atoms with Gasteiger partial charge in [0.15, 0.2) is 0 Å². The van der Waals surface area contributed by atoms with Crippen molar-refractivity contribution in [3.8, 4) is 11.4 Å². The topological polar surface area (TPSA) is 59.2 Å². The number of amides is 1. The van der Waals surface area contributed by atoms with Gasteiger partial charge in [-0.3, -0.25) is 4.79 Å². The third-order valence-electron chi connectivity index (χ3n) is 4.07. The molecule has 0 bridgehead atoms. The Hall–Kier alpha value is -2.66. The first kappa shape index (κ1) is 19.1. The van der Waals surface area contributed by atoms with E-state index in [0.717, 1.165) is 5.56 Å². The van der Waals surface area contributed by atoms with E-state index in [1.165, 1.54) is 0 Å². The molecule has 2 aromatic carbocycles. The highest BCUT2D eigenvalue weighted by atomic mass is 35.5. The van der Waals surface area contributed by atoms with Crippen molar-refractivity contribution in [2.24, 2.45) is 5.92 Å². The number of hydrogen-bond donors (Lipinski definition) is 0. The second kappa shape index (κ2) is 8.82. The van der Waals surface area contributed by atoms with Crippen molar-refractivity contribution in [3.05, 3.63) is 71.1 Å². The third-order valence-corrected chi connectivity index (χ3v) is 4.40. The predicted molar refractivity (Wildman–Crippen MR) is 106 cm³/mol. The summed E-state index contributed by atoms with van der Waals surface area (Å²) in [6.45, 7) is 5.27. The third kappa shape index (κ3) is 4.95. The molecule has 5 nitrogen and oxygen atoms in total. The second-order valence-corrected chi connectivity index (χ2v) is 7.16.